The van der Waals surface area contributed by atoms with Gasteiger partial charge in [-0.25, -0.2) is 0 Å². The van der Waals surface area contributed by atoms with E-state index in [1.165, 1.54) is 40.8 Å². The summed E-state index contributed by atoms with van der Waals surface area (Å²) in [7, 11) is 1.51. The van der Waals surface area contributed by atoms with E-state index in [1.54, 1.807) is 18.3 Å². The Morgan fingerprint density at radius 1 is 1.22 bits per heavy atom. The third-order valence-electron chi connectivity index (χ3n) is 3.24. The van der Waals surface area contributed by atoms with Gasteiger partial charge < -0.3 is 0 Å². The average Bonchev–Trinajstić information content (AvgIpc) is 2.49. The number of nitrogens with two attached hydrogens (primary N) is 1. The number of primary amides is 1. The number of amides is 1. The van der Waals surface area contributed by atoms with Gasteiger partial charge in [-0.2, -0.15) is 0 Å². The molecule has 1 amide bonds. The van der Waals surface area contributed by atoms with Crippen LogP contribution in [0.25, 0.3) is 0 Å². The van der Waals surface area contributed by atoms with Gasteiger partial charge in [0.2, 0.25) is 0 Å². The SMILES string of the molecule is COc1cc(C(C)C)c(Oc2cnc([AsH2])nc2[AsH2])cc1C(N)=O. The molecule has 0 aliphatic heterocycles. The summed E-state index contributed by atoms with van der Waals surface area (Å²) < 4.78 is 12.8. The zero-order chi connectivity index (χ0) is 17.1. The topological polar surface area (TPSA) is 87.3 Å². The molecule has 6 nitrogen and oxygen atoms in total. The van der Waals surface area contributed by atoms with Gasteiger partial charge in [-0.1, -0.05) is 0 Å². The summed E-state index contributed by atoms with van der Waals surface area (Å²) in [5, 5.41) is 0. The van der Waals surface area contributed by atoms with Crippen molar-refractivity contribution in [2.45, 2.75) is 19.8 Å². The quantitative estimate of drug-likeness (QED) is 0.606. The first kappa shape index (κ1) is 17.8. The Balaban J connectivity index is 2.55. The Morgan fingerprint density at radius 2 is 1.91 bits per heavy atom. The van der Waals surface area contributed by atoms with Gasteiger partial charge in [0.25, 0.3) is 0 Å². The van der Waals surface area contributed by atoms with Crippen molar-refractivity contribution in [3.05, 3.63) is 29.5 Å². The Bertz CT molecular complexity index is 751. The molecule has 23 heavy (non-hydrogen) atoms. The number of hydrogen-bond acceptors (Lipinski definition) is 5. The van der Waals surface area contributed by atoms with Gasteiger partial charge in [-0.3, -0.25) is 0 Å². The minimum atomic E-state index is -0.564. The van der Waals surface area contributed by atoms with Gasteiger partial charge in [0, 0.05) is 0 Å². The van der Waals surface area contributed by atoms with Gasteiger partial charge in [0.15, 0.2) is 0 Å². The molecule has 2 N–H and O–H groups in total. The molecule has 2 atom stereocenters. The third-order valence-corrected chi connectivity index (χ3v) is 4.69. The molecule has 0 spiro atoms. The van der Waals surface area contributed by atoms with Crippen molar-refractivity contribution < 1.29 is 14.3 Å². The number of benzene rings is 1. The summed E-state index contributed by atoms with van der Waals surface area (Å²) >= 11 is 2.71. The molecule has 0 bridgehead atoms. The van der Waals surface area contributed by atoms with Crippen molar-refractivity contribution in [2.75, 3.05) is 7.11 Å². The summed E-state index contributed by atoms with van der Waals surface area (Å²) in [6, 6.07) is 3.41. The summed E-state index contributed by atoms with van der Waals surface area (Å²) in [5.74, 6) is 1.20. The third kappa shape index (κ3) is 4.07. The van der Waals surface area contributed by atoms with E-state index in [9.17, 15) is 4.79 Å². The summed E-state index contributed by atoms with van der Waals surface area (Å²) in [6.07, 6.45) is 1.65. The molecule has 1 aromatic heterocycles. The van der Waals surface area contributed by atoms with Crippen LogP contribution in [-0.2, 0) is 0 Å². The number of aromatic nitrogens is 2. The van der Waals surface area contributed by atoms with Crippen LogP contribution in [0, 0.1) is 0 Å². The zero-order valence-electron chi connectivity index (χ0n) is 13.2. The van der Waals surface area contributed by atoms with Crippen molar-refractivity contribution in [3.8, 4) is 17.2 Å². The van der Waals surface area contributed by atoms with Crippen LogP contribution < -0.4 is 24.3 Å². The first-order valence-corrected chi connectivity index (χ1v) is 9.33. The van der Waals surface area contributed by atoms with Gasteiger partial charge >= 0.3 is 152 Å². The number of methoxy groups -OCH3 is 1. The predicted octanol–water partition coefficient (Wildman–Crippen LogP) is -0.983. The maximum absolute atomic E-state index is 11.6. The number of ether oxygens (including phenoxy) is 2. The standard InChI is InChI=1S/C15H19As2N3O3/c1-7(2)8-4-10(22-3)9(14(18)21)5-11(8)23-12-6-19-15(17)20-13(12)16/h4-7H,16-17H2,1-3H3,(H2,18,21). The molecule has 2 unspecified atom stereocenters. The van der Waals surface area contributed by atoms with Gasteiger partial charge in [0.1, 0.15) is 0 Å². The first-order valence-electron chi connectivity index (χ1n) is 6.91. The Morgan fingerprint density at radius 3 is 2.43 bits per heavy atom. The Kier molecular flexibility index (Phi) is 5.72. The molecule has 0 radical (unpaired) electrons. The van der Waals surface area contributed by atoms with Crippen molar-refractivity contribution >= 4 is 48.7 Å². The van der Waals surface area contributed by atoms with E-state index in [1.807, 2.05) is 13.8 Å². The molecular formula is C15H19As2N3O3. The molecular weight excluding hydrogens is 420 g/mol. The number of rotatable bonds is 5. The second kappa shape index (κ2) is 7.37. The van der Waals surface area contributed by atoms with Crippen LogP contribution in [0.1, 0.15) is 35.7 Å². The first-order chi connectivity index (χ1) is 10.8. The normalized spacial score (nSPS) is 10.7. The molecule has 122 valence electrons. The molecule has 1 aromatic carbocycles. The zero-order valence-corrected chi connectivity index (χ0v) is 18.0. The van der Waals surface area contributed by atoms with Crippen LogP contribution >= 0.6 is 0 Å². The molecule has 2 aromatic rings. The number of carbonyl (C=O) groups is 1. The van der Waals surface area contributed by atoms with Crippen molar-refractivity contribution in [2.24, 2.45) is 5.73 Å². The summed E-state index contributed by atoms with van der Waals surface area (Å²) in [5.41, 5.74) is 6.64. The van der Waals surface area contributed by atoms with Gasteiger partial charge in [0.05, 0.1) is 0 Å². The molecule has 2 rings (SSSR count). The van der Waals surface area contributed by atoms with Gasteiger partial charge in [-0.05, 0) is 0 Å². The monoisotopic (exact) mass is 439 g/mol. The predicted molar refractivity (Wildman–Crippen MR) is 94.1 cm³/mol. The van der Waals surface area contributed by atoms with Crippen LogP contribution in [0.3, 0.4) is 0 Å². The molecule has 1 heterocycles. The molecule has 0 fully saturated rings. The van der Waals surface area contributed by atoms with Crippen molar-refractivity contribution in [3.63, 3.8) is 0 Å². The van der Waals surface area contributed by atoms with Crippen molar-refractivity contribution in [1.82, 2.24) is 9.97 Å². The second-order valence-electron chi connectivity index (χ2n) is 5.19. The van der Waals surface area contributed by atoms with Crippen LogP contribution in [0.2, 0.25) is 0 Å². The van der Waals surface area contributed by atoms with Crippen LogP contribution in [-0.4, -0.2) is 56.7 Å². The summed E-state index contributed by atoms with van der Waals surface area (Å²) in [6.45, 7) is 4.08. The van der Waals surface area contributed by atoms with E-state index in [2.05, 4.69) is 9.97 Å². The molecule has 0 saturated heterocycles. The average molecular weight is 439 g/mol. The molecule has 0 aliphatic rings. The van der Waals surface area contributed by atoms with E-state index >= 15 is 0 Å². The fourth-order valence-electron chi connectivity index (χ4n) is 2.07. The van der Waals surface area contributed by atoms with Crippen LogP contribution in [0.5, 0.6) is 17.2 Å². The molecule has 0 aliphatic carbocycles. The van der Waals surface area contributed by atoms with E-state index < -0.39 is 5.91 Å². The van der Waals surface area contributed by atoms with Crippen LogP contribution in [0.15, 0.2) is 18.3 Å². The number of hydrogen-bond donors (Lipinski definition) is 1. The summed E-state index contributed by atoms with van der Waals surface area (Å²) in [4.78, 5) is 20.2. The van der Waals surface area contributed by atoms with Gasteiger partial charge in [-0.15, -0.1) is 0 Å². The maximum atomic E-state index is 11.6. The Hall–Kier alpha value is -1.51. The fourth-order valence-corrected chi connectivity index (χ4v) is 3.73. The fraction of sp³-hybridized carbons (Fsp3) is 0.267. The van der Waals surface area contributed by atoms with Crippen molar-refractivity contribution in [1.29, 1.82) is 0 Å². The van der Waals surface area contributed by atoms with E-state index in [0.29, 0.717) is 17.2 Å². The number of carbonyl (C=O) groups excluding carboxylic acids is 1. The second-order valence-corrected chi connectivity index (χ2v) is 7.42. The number of nitrogens with zero attached hydrogens (tertiary/aromatic N) is 2. The van der Waals surface area contributed by atoms with Crippen LogP contribution in [0.4, 0.5) is 0 Å². The van der Waals surface area contributed by atoms with E-state index in [-0.39, 0.29) is 11.5 Å². The van der Waals surface area contributed by atoms with E-state index in [4.69, 9.17) is 15.2 Å². The van der Waals surface area contributed by atoms with E-state index in [0.717, 1.165) is 14.7 Å². The Labute approximate surface area is 152 Å². The molecule has 0 saturated carbocycles. The minimum absolute atomic E-state index is 0.182. The molecule has 8 heteroatoms.